The number of carboxylic acids is 1. The number of hydrogen-bond acceptors (Lipinski definition) is 7. The Morgan fingerprint density at radius 2 is 2.00 bits per heavy atom. The highest BCUT2D eigenvalue weighted by Crippen LogP contribution is 2.26. The third kappa shape index (κ3) is 4.31. The minimum Gasteiger partial charge on any atom is -0.478 e. The zero-order valence-corrected chi connectivity index (χ0v) is 15.5. The Balaban J connectivity index is 2.09. The van der Waals surface area contributed by atoms with Crippen LogP contribution in [-0.2, 0) is 24.2 Å². The number of carbonyl (C=O) groups excluding carboxylic acids is 1. The predicted octanol–water partition coefficient (Wildman–Crippen LogP) is 1.33. The van der Waals surface area contributed by atoms with Crippen LogP contribution in [0.1, 0.15) is 32.4 Å². The fourth-order valence-corrected chi connectivity index (χ4v) is 4.13. The molecular formula is C16H22N2O7S. The lowest BCUT2D eigenvalue weighted by atomic mass is 10.0. The Morgan fingerprint density at radius 3 is 2.58 bits per heavy atom. The van der Waals surface area contributed by atoms with Gasteiger partial charge in [-0.1, -0.05) is 11.7 Å². The van der Waals surface area contributed by atoms with E-state index in [-0.39, 0.29) is 28.8 Å². The van der Waals surface area contributed by atoms with Gasteiger partial charge < -0.3 is 14.4 Å². The number of carboxylic acid groups (broad SMARTS) is 1. The lowest BCUT2D eigenvalue weighted by Gasteiger charge is -2.27. The van der Waals surface area contributed by atoms with Crippen molar-refractivity contribution in [3.05, 3.63) is 18.3 Å². The number of aromatic nitrogens is 1. The van der Waals surface area contributed by atoms with E-state index in [1.165, 1.54) is 19.9 Å². The second-order valence-corrected chi connectivity index (χ2v) is 9.25. The highest BCUT2D eigenvalue weighted by Gasteiger charge is 2.43. The topological polar surface area (TPSA) is 136 Å². The molecule has 0 saturated carbocycles. The molecule has 0 bridgehead atoms. The molecule has 1 aromatic rings. The van der Waals surface area contributed by atoms with Gasteiger partial charge in [-0.25, -0.2) is 13.2 Å². The fourth-order valence-electron chi connectivity index (χ4n) is 2.42. The van der Waals surface area contributed by atoms with Gasteiger partial charge in [-0.15, -0.1) is 0 Å². The number of aliphatic carboxylic acids is 1. The molecule has 26 heavy (non-hydrogen) atoms. The molecule has 9 nitrogen and oxygen atoms in total. The second-order valence-electron chi connectivity index (χ2n) is 6.66. The Labute approximate surface area is 151 Å². The third-order valence-electron chi connectivity index (χ3n) is 4.43. The molecule has 0 unspecified atom stereocenters. The van der Waals surface area contributed by atoms with E-state index in [9.17, 15) is 18.0 Å². The standard InChI is InChI=1S/C16H22N2O7S/c1-10(14(19)20)12-8-13(25-18-12)17-15(21)16(2,3)26(22,23)9-11-4-6-24-7-5-11/h8,11H,1,4-7,9H2,2-3H3,(H,17,21)(H,19,20). The molecule has 0 radical (unpaired) electrons. The largest absolute Gasteiger partial charge is 0.478 e. The summed E-state index contributed by atoms with van der Waals surface area (Å²) >= 11 is 0. The number of rotatable bonds is 7. The fraction of sp³-hybridized carbons (Fsp3) is 0.562. The summed E-state index contributed by atoms with van der Waals surface area (Å²) in [6.45, 7) is 7.01. The SMILES string of the molecule is C=C(C(=O)O)c1cc(NC(=O)C(C)(C)S(=O)(=O)CC2CCOCC2)on1. The van der Waals surface area contributed by atoms with Crippen molar-refractivity contribution >= 4 is 33.2 Å². The third-order valence-corrected chi connectivity index (χ3v) is 7.09. The van der Waals surface area contributed by atoms with Crippen LogP contribution in [0.15, 0.2) is 17.2 Å². The number of nitrogens with zero attached hydrogens (tertiary/aromatic N) is 1. The van der Waals surface area contributed by atoms with Crippen LogP contribution in [0.5, 0.6) is 0 Å². The maximum absolute atomic E-state index is 12.7. The summed E-state index contributed by atoms with van der Waals surface area (Å²) in [5.74, 6) is -2.36. The number of ether oxygens (including phenoxy) is 1. The van der Waals surface area contributed by atoms with E-state index in [1.807, 2.05) is 0 Å². The van der Waals surface area contributed by atoms with E-state index in [1.54, 1.807) is 0 Å². The zero-order chi connectivity index (χ0) is 19.5. The lowest BCUT2D eigenvalue weighted by molar-refractivity contribution is -0.130. The minimum atomic E-state index is -3.74. The predicted molar refractivity (Wildman–Crippen MR) is 93.2 cm³/mol. The normalized spacial score (nSPS) is 16.2. The number of carbonyl (C=O) groups is 2. The molecular weight excluding hydrogens is 364 g/mol. The summed E-state index contributed by atoms with van der Waals surface area (Å²) in [4.78, 5) is 23.3. The first-order chi connectivity index (χ1) is 12.0. The van der Waals surface area contributed by atoms with Crippen molar-refractivity contribution in [3.8, 4) is 0 Å². The number of nitrogens with one attached hydrogen (secondary N) is 1. The van der Waals surface area contributed by atoms with Gasteiger partial charge in [0.2, 0.25) is 11.8 Å². The highest BCUT2D eigenvalue weighted by atomic mass is 32.2. The number of amides is 1. The molecule has 1 fully saturated rings. The molecule has 1 saturated heterocycles. The van der Waals surface area contributed by atoms with Gasteiger partial charge in [-0.2, -0.15) is 0 Å². The van der Waals surface area contributed by atoms with Gasteiger partial charge in [0.15, 0.2) is 9.84 Å². The number of hydrogen-bond donors (Lipinski definition) is 2. The first-order valence-electron chi connectivity index (χ1n) is 8.05. The van der Waals surface area contributed by atoms with Crippen molar-refractivity contribution < 1.29 is 32.4 Å². The van der Waals surface area contributed by atoms with E-state index in [0.29, 0.717) is 26.1 Å². The molecule has 144 valence electrons. The summed E-state index contributed by atoms with van der Waals surface area (Å²) in [6.07, 6.45) is 1.28. The van der Waals surface area contributed by atoms with Gasteiger partial charge >= 0.3 is 5.97 Å². The number of sulfone groups is 1. The van der Waals surface area contributed by atoms with Crippen LogP contribution in [0.3, 0.4) is 0 Å². The summed E-state index contributed by atoms with van der Waals surface area (Å²) in [5, 5.41) is 14.7. The Hall–Kier alpha value is -2.20. The molecule has 1 aromatic heterocycles. The average Bonchev–Trinajstić information content (AvgIpc) is 3.02. The van der Waals surface area contributed by atoms with Crippen molar-refractivity contribution in [2.24, 2.45) is 5.92 Å². The molecule has 1 aliphatic heterocycles. The van der Waals surface area contributed by atoms with E-state index < -0.39 is 26.5 Å². The second kappa shape index (κ2) is 7.58. The maximum Gasteiger partial charge on any atom is 0.337 e. The van der Waals surface area contributed by atoms with Gasteiger partial charge in [-0.3, -0.25) is 10.1 Å². The molecule has 0 spiro atoms. The highest BCUT2D eigenvalue weighted by molar-refractivity contribution is 7.93. The van der Waals surface area contributed by atoms with Gasteiger partial charge in [-0.05, 0) is 32.6 Å². The molecule has 2 N–H and O–H groups in total. The van der Waals surface area contributed by atoms with E-state index in [0.717, 1.165) is 0 Å². The Bertz CT molecular complexity index is 804. The number of anilines is 1. The van der Waals surface area contributed by atoms with Crippen molar-refractivity contribution in [2.75, 3.05) is 24.3 Å². The van der Waals surface area contributed by atoms with Crippen LogP contribution in [0, 0.1) is 5.92 Å². The van der Waals surface area contributed by atoms with Crippen molar-refractivity contribution in [1.29, 1.82) is 0 Å². The van der Waals surface area contributed by atoms with Crippen LogP contribution in [0.2, 0.25) is 0 Å². The van der Waals surface area contributed by atoms with Gasteiger partial charge in [0, 0.05) is 19.3 Å². The van der Waals surface area contributed by atoms with Crippen molar-refractivity contribution in [1.82, 2.24) is 5.16 Å². The molecule has 2 rings (SSSR count). The Morgan fingerprint density at radius 1 is 1.38 bits per heavy atom. The molecule has 1 amide bonds. The van der Waals surface area contributed by atoms with Crippen LogP contribution >= 0.6 is 0 Å². The van der Waals surface area contributed by atoms with Gasteiger partial charge in [0.25, 0.3) is 0 Å². The van der Waals surface area contributed by atoms with Crippen molar-refractivity contribution in [3.63, 3.8) is 0 Å². The van der Waals surface area contributed by atoms with Crippen LogP contribution in [-0.4, -0.2) is 54.3 Å². The zero-order valence-electron chi connectivity index (χ0n) is 14.6. The summed E-state index contributed by atoms with van der Waals surface area (Å²) in [6, 6.07) is 1.18. The van der Waals surface area contributed by atoms with E-state index in [2.05, 4.69) is 17.1 Å². The first-order valence-corrected chi connectivity index (χ1v) is 9.70. The van der Waals surface area contributed by atoms with Crippen LogP contribution < -0.4 is 5.32 Å². The summed E-state index contributed by atoms with van der Waals surface area (Å²) in [7, 11) is -3.74. The van der Waals surface area contributed by atoms with E-state index in [4.69, 9.17) is 14.4 Å². The Kier molecular flexibility index (Phi) is 5.87. The molecule has 1 aliphatic rings. The van der Waals surface area contributed by atoms with E-state index >= 15 is 0 Å². The molecule has 0 aliphatic carbocycles. The van der Waals surface area contributed by atoms with Crippen LogP contribution in [0.25, 0.3) is 5.57 Å². The quantitative estimate of drug-likeness (QED) is 0.670. The van der Waals surface area contributed by atoms with Gasteiger partial charge in [0.05, 0.1) is 11.3 Å². The average molecular weight is 386 g/mol. The molecule has 2 heterocycles. The lowest BCUT2D eigenvalue weighted by Crippen LogP contribution is -2.47. The van der Waals surface area contributed by atoms with Gasteiger partial charge in [0.1, 0.15) is 10.4 Å². The van der Waals surface area contributed by atoms with Crippen LogP contribution in [0.4, 0.5) is 5.88 Å². The summed E-state index contributed by atoms with van der Waals surface area (Å²) < 4.78 is 33.8. The monoisotopic (exact) mass is 386 g/mol. The maximum atomic E-state index is 12.7. The molecule has 0 aromatic carbocycles. The minimum absolute atomic E-state index is 0.0448. The smallest absolute Gasteiger partial charge is 0.337 e. The molecule has 0 atom stereocenters. The summed E-state index contributed by atoms with van der Waals surface area (Å²) in [5.41, 5.74) is -0.365. The first kappa shape index (κ1) is 20.1. The van der Waals surface area contributed by atoms with Crippen molar-refractivity contribution in [2.45, 2.75) is 31.4 Å². The molecule has 10 heteroatoms.